The molecule has 9 aromatic carbocycles. The van der Waals surface area contributed by atoms with E-state index in [0.29, 0.717) is 0 Å². The number of ether oxygens (including phenoxy) is 1. The van der Waals surface area contributed by atoms with E-state index in [-0.39, 0.29) is 0 Å². The van der Waals surface area contributed by atoms with Gasteiger partial charge in [0.15, 0.2) is 0 Å². The molecule has 0 amide bonds. The van der Waals surface area contributed by atoms with Gasteiger partial charge in [0, 0.05) is 34.3 Å². The van der Waals surface area contributed by atoms with Gasteiger partial charge in [-0.3, -0.25) is 0 Å². The van der Waals surface area contributed by atoms with Gasteiger partial charge in [0.25, 0.3) is 0 Å². The molecular weight excluding hydrogens is 655 g/mol. The molecule has 2 heteroatoms. The summed E-state index contributed by atoms with van der Waals surface area (Å²) in [6.45, 7) is 0. The second kappa shape index (κ2) is 13.4. The van der Waals surface area contributed by atoms with E-state index in [2.05, 4.69) is 217 Å². The quantitative estimate of drug-likeness (QED) is 0.172. The van der Waals surface area contributed by atoms with Crippen molar-refractivity contribution in [3.05, 3.63) is 212 Å². The van der Waals surface area contributed by atoms with Crippen LogP contribution in [0.5, 0.6) is 11.5 Å². The number of benzene rings is 9. The molecule has 2 nitrogen and oxygen atoms in total. The summed E-state index contributed by atoms with van der Waals surface area (Å²) in [6.07, 6.45) is 0. The van der Waals surface area contributed by atoms with E-state index in [1.165, 1.54) is 38.6 Å². The van der Waals surface area contributed by atoms with E-state index >= 15 is 0 Å². The summed E-state index contributed by atoms with van der Waals surface area (Å²) < 4.78 is 7.06. The number of fused-ring (bicyclic) bond motifs is 6. The van der Waals surface area contributed by atoms with Crippen LogP contribution in [0, 0.1) is 0 Å². The minimum absolute atomic E-state index is 0.819. The zero-order chi connectivity index (χ0) is 35.8. The highest BCUT2D eigenvalue weighted by Crippen LogP contribution is 2.52. The van der Waals surface area contributed by atoms with Crippen LogP contribution in [-0.2, 0) is 0 Å². The third-order valence-corrected chi connectivity index (χ3v) is 10.5. The lowest BCUT2D eigenvalue weighted by Gasteiger charge is -2.27. The van der Waals surface area contributed by atoms with Crippen molar-refractivity contribution in [3.63, 3.8) is 0 Å². The van der Waals surface area contributed by atoms with E-state index in [1.54, 1.807) is 0 Å². The number of rotatable bonds is 6. The Kier molecular flexibility index (Phi) is 7.85. The normalized spacial score (nSPS) is 11.5. The molecule has 10 rings (SSSR count). The maximum atomic E-state index is 7.06. The first-order valence-corrected chi connectivity index (χ1v) is 18.4. The smallest absolute Gasteiger partial charge is 0.137 e. The number of hydrogen-bond donors (Lipinski definition) is 0. The third kappa shape index (κ3) is 5.71. The Hall–Kier alpha value is -7.16. The molecule has 0 radical (unpaired) electrons. The largest absolute Gasteiger partial charge is 0.456 e. The average Bonchev–Trinajstić information content (AvgIpc) is 3.38. The van der Waals surface area contributed by atoms with Gasteiger partial charge < -0.3 is 9.64 Å². The Balaban J connectivity index is 1.15. The summed E-state index contributed by atoms with van der Waals surface area (Å²) in [7, 11) is 0. The van der Waals surface area contributed by atoms with Crippen LogP contribution in [0.15, 0.2) is 212 Å². The first-order chi connectivity index (χ1) is 26.8. The van der Waals surface area contributed by atoms with E-state index in [0.717, 1.165) is 56.4 Å². The third-order valence-electron chi connectivity index (χ3n) is 10.5. The summed E-state index contributed by atoms with van der Waals surface area (Å²) >= 11 is 0. The van der Waals surface area contributed by atoms with Crippen LogP contribution in [0.25, 0.3) is 66.4 Å². The predicted molar refractivity (Wildman–Crippen MR) is 226 cm³/mol. The lowest BCUT2D eigenvalue weighted by molar-refractivity contribution is 0.488. The zero-order valence-corrected chi connectivity index (χ0v) is 29.6. The van der Waals surface area contributed by atoms with Gasteiger partial charge in [-0.25, -0.2) is 0 Å². The highest BCUT2D eigenvalue weighted by molar-refractivity contribution is 6.03. The Bertz CT molecular complexity index is 2670. The van der Waals surface area contributed by atoms with Gasteiger partial charge in [-0.05, 0) is 110 Å². The SMILES string of the molecule is c1ccc(-c2ccc(N(c3ccc(-c4ccccc4)cc3)c3ccc4c(c3)Oc3cccc(-c5ccccc5)c3-c3cc5ccccc5cc3-4)cc2)cc1. The van der Waals surface area contributed by atoms with Gasteiger partial charge in [0.1, 0.15) is 11.5 Å². The van der Waals surface area contributed by atoms with Crippen molar-refractivity contribution in [2.75, 3.05) is 4.90 Å². The van der Waals surface area contributed by atoms with Crippen molar-refractivity contribution < 1.29 is 4.74 Å². The second-order valence-electron chi connectivity index (χ2n) is 13.7. The van der Waals surface area contributed by atoms with Crippen molar-refractivity contribution in [1.82, 2.24) is 0 Å². The molecule has 0 saturated carbocycles. The summed E-state index contributed by atoms with van der Waals surface area (Å²) in [6, 6.07) is 75.7. The molecule has 1 aliphatic rings. The molecule has 0 N–H and O–H groups in total. The molecule has 0 aliphatic carbocycles. The molecule has 254 valence electrons. The number of hydrogen-bond acceptors (Lipinski definition) is 2. The van der Waals surface area contributed by atoms with Gasteiger partial charge in [0.2, 0.25) is 0 Å². The molecule has 1 aliphatic heterocycles. The van der Waals surface area contributed by atoms with E-state index < -0.39 is 0 Å². The maximum Gasteiger partial charge on any atom is 0.137 e. The van der Waals surface area contributed by atoms with Gasteiger partial charge >= 0.3 is 0 Å². The van der Waals surface area contributed by atoms with Gasteiger partial charge in [-0.1, -0.05) is 152 Å². The molecule has 54 heavy (non-hydrogen) atoms. The molecular formula is C52H35NO. The predicted octanol–water partition coefficient (Wildman–Crippen LogP) is 14.8. The first kappa shape index (κ1) is 31.6. The van der Waals surface area contributed by atoms with Crippen LogP contribution in [-0.4, -0.2) is 0 Å². The number of nitrogens with zero attached hydrogens (tertiary/aromatic N) is 1. The minimum Gasteiger partial charge on any atom is -0.456 e. The molecule has 1 heterocycles. The number of anilines is 3. The van der Waals surface area contributed by atoms with Gasteiger partial charge in [0.05, 0.1) is 0 Å². The van der Waals surface area contributed by atoms with Crippen molar-refractivity contribution in [2.45, 2.75) is 0 Å². The Morgan fingerprint density at radius 2 is 0.759 bits per heavy atom. The second-order valence-corrected chi connectivity index (χ2v) is 13.7. The van der Waals surface area contributed by atoms with Crippen molar-refractivity contribution in [3.8, 4) is 67.1 Å². The van der Waals surface area contributed by atoms with E-state index in [9.17, 15) is 0 Å². The first-order valence-electron chi connectivity index (χ1n) is 18.4. The van der Waals surface area contributed by atoms with Crippen molar-refractivity contribution in [1.29, 1.82) is 0 Å². The molecule has 0 unspecified atom stereocenters. The molecule has 0 atom stereocenters. The molecule has 0 aromatic heterocycles. The highest BCUT2D eigenvalue weighted by atomic mass is 16.5. The van der Waals surface area contributed by atoms with Crippen LogP contribution in [0.4, 0.5) is 17.1 Å². The lowest BCUT2D eigenvalue weighted by atomic mass is 9.87. The Morgan fingerprint density at radius 3 is 1.33 bits per heavy atom. The fourth-order valence-electron chi connectivity index (χ4n) is 7.81. The van der Waals surface area contributed by atoms with Crippen LogP contribution >= 0.6 is 0 Å². The average molecular weight is 690 g/mol. The zero-order valence-electron chi connectivity index (χ0n) is 29.6. The summed E-state index contributed by atoms with van der Waals surface area (Å²) in [5.41, 5.74) is 14.7. The standard InChI is InChI=1S/C52H35NO/c1-4-13-36(14-5-1)38-23-27-43(28-24-38)53(44-29-25-39(26-30-44)37-15-6-2-7-16-37)45-31-32-47-48-33-41-19-10-11-20-42(41)34-49(48)52-46(40-17-8-3-9-18-40)21-12-22-50(52)54-51(47)35-45/h1-35H. The fourth-order valence-corrected chi connectivity index (χ4v) is 7.81. The van der Waals surface area contributed by atoms with Crippen LogP contribution in [0.1, 0.15) is 0 Å². The molecule has 0 saturated heterocycles. The van der Waals surface area contributed by atoms with Crippen molar-refractivity contribution in [2.24, 2.45) is 0 Å². The Morgan fingerprint density at radius 1 is 0.278 bits per heavy atom. The topological polar surface area (TPSA) is 12.5 Å². The monoisotopic (exact) mass is 689 g/mol. The van der Waals surface area contributed by atoms with Crippen molar-refractivity contribution >= 4 is 27.8 Å². The van der Waals surface area contributed by atoms with Crippen LogP contribution in [0.3, 0.4) is 0 Å². The van der Waals surface area contributed by atoms with Gasteiger partial charge in [-0.15, -0.1) is 0 Å². The highest BCUT2D eigenvalue weighted by Gasteiger charge is 2.26. The summed E-state index contributed by atoms with van der Waals surface area (Å²) in [4.78, 5) is 2.32. The van der Waals surface area contributed by atoms with Crippen LogP contribution < -0.4 is 9.64 Å². The lowest BCUT2D eigenvalue weighted by Crippen LogP contribution is -2.10. The van der Waals surface area contributed by atoms with E-state index in [4.69, 9.17) is 4.74 Å². The fraction of sp³-hybridized carbons (Fsp3) is 0. The van der Waals surface area contributed by atoms with Gasteiger partial charge in [-0.2, -0.15) is 0 Å². The Labute approximate surface area is 315 Å². The minimum atomic E-state index is 0.819. The molecule has 0 spiro atoms. The molecule has 0 bridgehead atoms. The van der Waals surface area contributed by atoms with Crippen LogP contribution in [0.2, 0.25) is 0 Å². The summed E-state index contributed by atoms with van der Waals surface area (Å²) in [5, 5.41) is 2.40. The molecule has 9 aromatic rings. The maximum absolute atomic E-state index is 7.06. The van der Waals surface area contributed by atoms with E-state index in [1.807, 2.05) is 0 Å². The summed E-state index contributed by atoms with van der Waals surface area (Å²) in [5.74, 6) is 1.66. The molecule has 0 fully saturated rings.